The van der Waals surface area contributed by atoms with E-state index < -0.39 is 0 Å². The third-order valence-corrected chi connectivity index (χ3v) is 4.11. The van der Waals surface area contributed by atoms with Gasteiger partial charge in [0.2, 0.25) is 5.89 Å². The monoisotopic (exact) mass is 370 g/mol. The summed E-state index contributed by atoms with van der Waals surface area (Å²) in [5.41, 5.74) is 2.73. The van der Waals surface area contributed by atoms with Crippen LogP contribution in [0.25, 0.3) is 11.5 Å². The number of para-hydroxylation sites is 2. The fourth-order valence-electron chi connectivity index (χ4n) is 2.74. The number of nitrogens with one attached hydrogen (secondary N) is 1. The Morgan fingerprint density at radius 2 is 1.57 bits per heavy atom. The number of rotatable bonds is 6. The Labute approximate surface area is 162 Å². The molecule has 28 heavy (non-hydrogen) atoms. The highest BCUT2D eigenvalue weighted by molar-refractivity contribution is 6.06. The van der Waals surface area contributed by atoms with Gasteiger partial charge < -0.3 is 14.5 Å². The lowest BCUT2D eigenvalue weighted by Crippen LogP contribution is -2.13. The Bertz CT molecular complexity index is 1060. The third kappa shape index (κ3) is 4.10. The van der Waals surface area contributed by atoms with Gasteiger partial charge in [-0.1, -0.05) is 48.5 Å². The number of amides is 1. The molecule has 0 saturated carbocycles. The van der Waals surface area contributed by atoms with Crippen LogP contribution in [-0.4, -0.2) is 10.9 Å². The van der Waals surface area contributed by atoms with E-state index in [1.165, 1.54) is 0 Å². The molecule has 0 saturated heterocycles. The summed E-state index contributed by atoms with van der Waals surface area (Å²) in [6.07, 6.45) is 1.56. The molecule has 1 heterocycles. The minimum absolute atomic E-state index is 0.200. The van der Waals surface area contributed by atoms with Gasteiger partial charge in [0, 0.05) is 11.3 Å². The number of hydrogen-bond acceptors (Lipinski definition) is 4. The number of hydrogen-bond donors (Lipinski definition) is 1. The van der Waals surface area contributed by atoms with Crippen LogP contribution in [0.5, 0.6) is 5.75 Å². The topological polar surface area (TPSA) is 64.4 Å². The number of carbonyl (C=O) groups excluding carboxylic acids is 1. The number of carbonyl (C=O) groups is 1. The maximum absolute atomic E-state index is 12.6. The van der Waals surface area contributed by atoms with Crippen LogP contribution in [-0.2, 0) is 6.61 Å². The summed E-state index contributed by atoms with van der Waals surface area (Å²) in [4.78, 5) is 17.1. The van der Waals surface area contributed by atoms with E-state index in [1.807, 2.05) is 66.7 Å². The van der Waals surface area contributed by atoms with Crippen molar-refractivity contribution in [3.05, 3.63) is 102 Å². The van der Waals surface area contributed by atoms with E-state index in [0.717, 1.165) is 11.3 Å². The second-order valence-corrected chi connectivity index (χ2v) is 6.12. The first kappa shape index (κ1) is 17.5. The van der Waals surface area contributed by atoms with E-state index >= 15 is 0 Å². The van der Waals surface area contributed by atoms with Gasteiger partial charge in [0.1, 0.15) is 24.3 Å². The molecule has 5 heteroatoms. The van der Waals surface area contributed by atoms with Crippen LogP contribution in [0.15, 0.2) is 95.6 Å². The fraction of sp³-hybridized carbons (Fsp3) is 0.0435. The molecule has 1 amide bonds. The number of anilines is 1. The SMILES string of the molecule is O=C(Nc1ccccc1)c1ccccc1OCc1coc(-c2ccccc2)n1. The highest BCUT2D eigenvalue weighted by Gasteiger charge is 2.13. The molecule has 0 spiro atoms. The molecule has 0 aliphatic carbocycles. The molecule has 0 radical (unpaired) electrons. The van der Waals surface area contributed by atoms with Crippen molar-refractivity contribution >= 4 is 11.6 Å². The molecule has 3 aromatic carbocycles. The van der Waals surface area contributed by atoms with E-state index in [9.17, 15) is 4.79 Å². The molecule has 138 valence electrons. The van der Waals surface area contributed by atoms with Gasteiger partial charge >= 0.3 is 0 Å². The van der Waals surface area contributed by atoms with Crippen LogP contribution in [0.2, 0.25) is 0 Å². The van der Waals surface area contributed by atoms with Crippen molar-refractivity contribution in [1.82, 2.24) is 4.98 Å². The van der Waals surface area contributed by atoms with E-state index in [2.05, 4.69) is 10.3 Å². The predicted octanol–water partition coefficient (Wildman–Crippen LogP) is 5.17. The van der Waals surface area contributed by atoms with Crippen LogP contribution in [0.3, 0.4) is 0 Å². The lowest BCUT2D eigenvalue weighted by Gasteiger charge is -2.10. The molecule has 1 aromatic heterocycles. The molecule has 0 unspecified atom stereocenters. The molecule has 5 nitrogen and oxygen atoms in total. The highest BCUT2D eigenvalue weighted by atomic mass is 16.5. The van der Waals surface area contributed by atoms with Gasteiger partial charge in [0.25, 0.3) is 5.91 Å². The smallest absolute Gasteiger partial charge is 0.259 e. The van der Waals surface area contributed by atoms with Crippen molar-refractivity contribution in [1.29, 1.82) is 0 Å². The van der Waals surface area contributed by atoms with Crippen molar-refractivity contribution in [3.63, 3.8) is 0 Å². The van der Waals surface area contributed by atoms with Crippen molar-refractivity contribution in [2.75, 3.05) is 5.32 Å². The van der Waals surface area contributed by atoms with Gasteiger partial charge in [0.05, 0.1) is 5.56 Å². The first-order valence-electron chi connectivity index (χ1n) is 8.87. The molecule has 0 atom stereocenters. The van der Waals surface area contributed by atoms with Gasteiger partial charge in [-0.3, -0.25) is 4.79 Å². The zero-order valence-electron chi connectivity index (χ0n) is 15.0. The van der Waals surface area contributed by atoms with Crippen LogP contribution in [0.4, 0.5) is 5.69 Å². The number of ether oxygens (including phenoxy) is 1. The van der Waals surface area contributed by atoms with Crippen LogP contribution in [0, 0.1) is 0 Å². The summed E-state index contributed by atoms with van der Waals surface area (Å²) in [5, 5.41) is 2.87. The van der Waals surface area contributed by atoms with Gasteiger partial charge in [-0.15, -0.1) is 0 Å². The lowest BCUT2D eigenvalue weighted by molar-refractivity contribution is 0.102. The number of aromatic nitrogens is 1. The average Bonchev–Trinajstić information content (AvgIpc) is 3.23. The number of oxazole rings is 1. The molecule has 0 fully saturated rings. The van der Waals surface area contributed by atoms with Gasteiger partial charge in [-0.2, -0.15) is 0 Å². The normalized spacial score (nSPS) is 10.4. The number of benzene rings is 3. The number of nitrogens with zero attached hydrogens (tertiary/aromatic N) is 1. The molecular weight excluding hydrogens is 352 g/mol. The van der Waals surface area contributed by atoms with E-state index in [0.29, 0.717) is 22.9 Å². The second-order valence-electron chi connectivity index (χ2n) is 6.12. The maximum Gasteiger partial charge on any atom is 0.259 e. The Hall–Kier alpha value is -3.86. The van der Waals surface area contributed by atoms with E-state index in [4.69, 9.17) is 9.15 Å². The van der Waals surface area contributed by atoms with Crippen molar-refractivity contribution < 1.29 is 13.9 Å². The van der Waals surface area contributed by atoms with E-state index in [-0.39, 0.29) is 12.5 Å². The summed E-state index contributed by atoms with van der Waals surface area (Å²) >= 11 is 0. The molecule has 0 bridgehead atoms. The van der Waals surface area contributed by atoms with Gasteiger partial charge in [0.15, 0.2) is 0 Å². The Balaban J connectivity index is 1.46. The standard InChI is InChI=1S/C23H18N2O3/c26-22(24-18-11-5-2-6-12-18)20-13-7-8-14-21(20)27-15-19-16-28-23(25-19)17-9-3-1-4-10-17/h1-14,16H,15H2,(H,24,26). The van der Waals surface area contributed by atoms with Gasteiger partial charge in [-0.25, -0.2) is 4.98 Å². The summed E-state index contributed by atoms with van der Waals surface area (Å²) in [5.74, 6) is 0.793. The summed E-state index contributed by atoms with van der Waals surface area (Å²) in [6.45, 7) is 0.200. The summed E-state index contributed by atoms with van der Waals surface area (Å²) in [6, 6.07) is 26.1. The maximum atomic E-state index is 12.6. The fourth-order valence-corrected chi connectivity index (χ4v) is 2.74. The second kappa shape index (κ2) is 8.22. The summed E-state index contributed by atoms with van der Waals surface area (Å²) in [7, 11) is 0. The Morgan fingerprint density at radius 3 is 2.36 bits per heavy atom. The van der Waals surface area contributed by atoms with Crippen molar-refractivity contribution in [2.45, 2.75) is 6.61 Å². The molecule has 0 aliphatic heterocycles. The zero-order chi connectivity index (χ0) is 19.2. The predicted molar refractivity (Wildman–Crippen MR) is 107 cm³/mol. The van der Waals surface area contributed by atoms with E-state index in [1.54, 1.807) is 24.5 Å². The van der Waals surface area contributed by atoms with Crippen LogP contribution >= 0.6 is 0 Å². The Morgan fingerprint density at radius 1 is 0.893 bits per heavy atom. The minimum Gasteiger partial charge on any atom is -0.486 e. The van der Waals surface area contributed by atoms with Crippen molar-refractivity contribution in [2.24, 2.45) is 0 Å². The molecular formula is C23H18N2O3. The van der Waals surface area contributed by atoms with Crippen LogP contribution < -0.4 is 10.1 Å². The third-order valence-electron chi connectivity index (χ3n) is 4.11. The average molecular weight is 370 g/mol. The molecule has 1 N–H and O–H groups in total. The molecule has 4 aromatic rings. The first-order chi connectivity index (χ1) is 13.8. The zero-order valence-corrected chi connectivity index (χ0v) is 15.0. The van der Waals surface area contributed by atoms with Crippen LogP contribution in [0.1, 0.15) is 16.1 Å². The van der Waals surface area contributed by atoms with Gasteiger partial charge in [-0.05, 0) is 36.4 Å². The lowest BCUT2D eigenvalue weighted by atomic mass is 10.2. The quantitative estimate of drug-likeness (QED) is 0.508. The minimum atomic E-state index is -0.230. The summed E-state index contributed by atoms with van der Waals surface area (Å²) < 4.78 is 11.4. The first-order valence-corrected chi connectivity index (χ1v) is 8.87. The largest absolute Gasteiger partial charge is 0.486 e. The molecule has 0 aliphatic rings. The highest BCUT2D eigenvalue weighted by Crippen LogP contribution is 2.22. The van der Waals surface area contributed by atoms with Crippen molar-refractivity contribution in [3.8, 4) is 17.2 Å². The Kier molecular flexibility index (Phi) is 5.15. The molecule has 4 rings (SSSR count).